The minimum atomic E-state index is -0.385. The van der Waals surface area contributed by atoms with Crippen molar-refractivity contribution in [2.24, 2.45) is 0 Å². The van der Waals surface area contributed by atoms with Crippen LogP contribution in [0.15, 0.2) is 0 Å². The first-order valence-electron chi connectivity index (χ1n) is 5.56. The summed E-state index contributed by atoms with van der Waals surface area (Å²) in [6, 6.07) is 0. The summed E-state index contributed by atoms with van der Waals surface area (Å²) in [6.45, 7) is 7.72. The highest BCUT2D eigenvalue weighted by Crippen LogP contribution is 2.05. The number of nitrogens with zero attached hydrogens (tertiary/aromatic N) is 1. The molecule has 0 aromatic rings. The first-order valence-corrected chi connectivity index (χ1v) is 6.00. The van der Waals surface area contributed by atoms with Crippen molar-refractivity contribution in [2.45, 2.75) is 51.8 Å². The van der Waals surface area contributed by atoms with Crippen molar-refractivity contribution in [3.63, 3.8) is 0 Å². The smallest absolute Gasteiger partial charge is 0.240 e. The molecule has 84 valence electrons. The van der Waals surface area contributed by atoms with Crippen LogP contribution in [-0.4, -0.2) is 29.3 Å². The van der Waals surface area contributed by atoms with Crippen LogP contribution in [0.3, 0.4) is 0 Å². The molecule has 0 heterocycles. The number of amides is 1. The van der Waals surface area contributed by atoms with Crippen molar-refractivity contribution >= 4 is 17.5 Å². The number of halogens is 1. The number of carbonyl (C=O) groups is 1. The van der Waals surface area contributed by atoms with Gasteiger partial charge in [0.15, 0.2) is 0 Å². The maximum absolute atomic E-state index is 11.6. The highest BCUT2D eigenvalue weighted by Gasteiger charge is 2.16. The SMILES string of the molecule is CCCCN(CCCC)C(=O)C(C)Cl. The molecule has 1 unspecified atom stereocenters. The third kappa shape index (κ3) is 5.48. The molecule has 0 saturated heterocycles. The molecule has 0 radical (unpaired) electrons. The Morgan fingerprint density at radius 1 is 1.21 bits per heavy atom. The maximum Gasteiger partial charge on any atom is 0.240 e. The van der Waals surface area contributed by atoms with Gasteiger partial charge in [0.25, 0.3) is 0 Å². The van der Waals surface area contributed by atoms with Crippen LogP contribution in [0.5, 0.6) is 0 Å². The summed E-state index contributed by atoms with van der Waals surface area (Å²) in [5, 5.41) is -0.385. The number of unbranched alkanes of at least 4 members (excludes halogenated alkanes) is 2. The van der Waals surface area contributed by atoms with E-state index in [0.717, 1.165) is 38.8 Å². The van der Waals surface area contributed by atoms with E-state index in [9.17, 15) is 4.79 Å². The minimum Gasteiger partial charge on any atom is -0.341 e. The molecule has 0 bridgehead atoms. The zero-order chi connectivity index (χ0) is 11.0. The van der Waals surface area contributed by atoms with Crippen LogP contribution in [0.1, 0.15) is 46.5 Å². The molecule has 0 N–H and O–H groups in total. The van der Waals surface area contributed by atoms with Gasteiger partial charge in [-0.1, -0.05) is 26.7 Å². The summed E-state index contributed by atoms with van der Waals surface area (Å²) < 4.78 is 0. The van der Waals surface area contributed by atoms with Gasteiger partial charge in [0, 0.05) is 13.1 Å². The van der Waals surface area contributed by atoms with Crippen LogP contribution in [0.4, 0.5) is 0 Å². The summed E-state index contributed by atoms with van der Waals surface area (Å²) in [5.74, 6) is 0.0774. The minimum absolute atomic E-state index is 0.0774. The number of alkyl halides is 1. The summed E-state index contributed by atoms with van der Waals surface area (Å²) in [4.78, 5) is 13.5. The predicted octanol–water partition coefficient (Wildman–Crippen LogP) is 3.04. The third-order valence-corrected chi connectivity index (χ3v) is 2.40. The Morgan fingerprint density at radius 3 is 1.93 bits per heavy atom. The Kier molecular flexibility index (Phi) is 7.96. The first kappa shape index (κ1) is 13.8. The highest BCUT2D eigenvalue weighted by atomic mass is 35.5. The molecular weight excluding hydrogens is 198 g/mol. The molecule has 0 aromatic carbocycles. The lowest BCUT2D eigenvalue weighted by molar-refractivity contribution is -0.130. The largest absolute Gasteiger partial charge is 0.341 e. The van der Waals surface area contributed by atoms with Gasteiger partial charge in [-0.05, 0) is 19.8 Å². The second-order valence-corrected chi connectivity index (χ2v) is 4.30. The van der Waals surface area contributed by atoms with Gasteiger partial charge in [0.2, 0.25) is 5.91 Å². The summed E-state index contributed by atoms with van der Waals surface area (Å²) in [5.41, 5.74) is 0. The molecule has 1 amide bonds. The van der Waals surface area contributed by atoms with E-state index >= 15 is 0 Å². The van der Waals surface area contributed by atoms with Crippen LogP contribution in [0.25, 0.3) is 0 Å². The Balaban J connectivity index is 4.01. The van der Waals surface area contributed by atoms with Crippen molar-refractivity contribution in [3.8, 4) is 0 Å². The lowest BCUT2D eigenvalue weighted by atomic mass is 10.2. The van der Waals surface area contributed by atoms with E-state index < -0.39 is 0 Å². The quantitative estimate of drug-likeness (QED) is 0.603. The third-order valence-electron chi connectivity index (χ3n) is 2.22. The Bertz CT molecular complexity index is 151. The molecule has 1 atom stereocenters. The molecule has 0 aliphatic rings. The monoisotopic (exact) mass is 219 g/mol. The molecule has 0 rings (SSSR count). The van der Waals surface area contributed by atoms with Gasteiger partial charge in [-0.2, -0.15) is 0 Å². The Morgan fingerprint density at radius 2 is 1.64 bits per heavy atom. The molecular formula is C11H22ClNO. The maximum atomic E-state index is 11.6. The van der Waals surface area contributed by atoms with Crippen molar-refractivity contribution < 1.29 is 4.79 Å². The lowest BCUT2D eigenvalue weighted by Crippen LogP contribution is -2.37. The topological polar surface area (TPSA) is 20.3 Å². The van der Waals surface area contributed by atoms with Gasteiger partial charge >= 0.3 is 0 Å². The fourth-order valence-corrected chi connectivity index (χ4v) is 1.42. The molecule has 14 heavy (non-hydrogen) atoms. The Labute approximate surface area is 92.6 Å². The number of hydrogen-bond donors (Lipinski definition) is 0. The van der Waals surface area contributed by atoms with Gasteiger partial charge in [0.05, 0.1) is 0 Å². The average Bonchev–Trinajstić information content (AvgIpc) is 2.17. The van der Waals surface area contributed by atoms with Crippen molar-refractivity contribution in [2.75, 3.05) is 13.1 Å². The van der Waals surface area contributed by atoms with Crippen LogP contribution < -0.4 is 0 Å². The van der Waals surface area contributed by atoms with E-state index in [1.807, 2.05) is 4.90 Å². The van der Waals surface area contributed by atoms with Crippen molar-refractivity contribution in [1.82, 2.24) is 4.90 Å². The van der Waals surface area contributed by atoms with Crippen molar-refractivity contribution in [3.05, 3.63) is 0 Å². The van der Waals surface area contributed by atoms with Gasteiger partial charge < -0.3 is 4.90 Å². The second-order valence-electron chi connectivity index (χ2n) is 3.65. The molecule has 0 saturated carbocycles. The van der Waals surface area contributed by atoms with E-state index in [1.165, 1.54) is 0 Å². The average molecular weight is 220 g/mol. The summed E-state index contributed by atoms with van der Waals surface area (Å²) in [6.07, 6.45) is 4.37. The number of rotatable bonds is 7. The number of hydrogen-bond acceptors (Lipinski definition) is 1. The van der Waals surface area contributed by atoms with Gasteiger partial charge in [-0.3, -0.25) is 4.79 Å². The fourth-order valence-electron chi connectivity index (χ4n) is 1.28. The van der Waals surface area contributed by atoms with E-state index in [1.54, 1.807) is 6.92 Å². The standard InChI is InChI=1S/C11H22ClNO/c1-4-6-8-13(9-7-5-2)11(14)10(3)12/h10H,4-9H2,1-3H3. The number of carbonyl (C=O) groups excluding carboxylic acids is 1. The van der Waals surface area contributed by atoms with Crippen LogP contribution >= 0.6 is 11.6 Å². The second kappa shape index (κ2) is 8.10. The van der Waals surface area contributed by atoms with Crippen molar-refractivity contribution in [1.29, 1.82) is 0 Å². The summed E-state index contributed by atoms with van der Waals surface area (Å²) >= 11 is 5.79. The molecule has 0 aliphatic heterocycles. The van der Waals surface area contributed by atoms with Gasteiger partial charge in [0.1, 0.15) is 5.38 Å². The van der Waals surface area contributed by atoms with E-state index in [-0.39, 0.29) is 11.3 Å². The zero-order valence-corrected chi connectivity index (χ0v) is 10.3. The van der Waals surface area contributed by atoms with Crippen LogP contribution in [-0.2, 0) is 4.79 Å². The fraction of sp³-hybridized carbons (Fsp3) is 0.909. The van der Waals surface area contributed by atoms with Gasteiger partial charge in [-0.15, -0.1) is 11.6 Å². The van der Waals surface area contributed by atoms with E-state index in [0.29, 0.717) is 0 Å². The molecule has 0 aromatic heterocycles. The molecule has 0 aliphatic carbocycles. The predicted molar refractivity (Wildman–Crippen MR) is 61.7 cm³/mol. The molecule has 0 fully saturated rings. The highest BCUT2D eigenvalue weighted by molar-refractivity contribution is 6.30. The van der Waals surface area contributed by atoms with Crippen LogP contribution in [0, 0.1) is 0 Å². The van der Waals surface area contributed by atoms with Crippen LogP contribution in [0.2, 0.25) is 0 Å². The molecule has 2 nitrogen and oxygen atoms in total. The lowest BCUT2D eigenvalue weighted by Gasteiger charge is -2.23. The molecule has 3 heteroatoms. The summed E-state index contributed by atoms with van der Waals surface area (Å²) in [7, 11) is 0. The van der Waals surface area contributed by atoms with E-state index in [4.69, 9.17) is 11.6 Å². The van der Waals surface area contributed by atoms with E-state index in [2.05, 4.69) is 13.8 Å². The van der Waals surface area contributed by atoms with Gasteiger partial charge in [-0.25, -0.2) is 0 Å². The zero-order valence-electron chi connectivity index (χ0n) is 9.55. The first-order chi connectivity index (χ1) is 6.63. The Hall–Kier alpha value is -0.240. The normalized spacial score (nSPS) is 12.6. The molecule has 0 spiro atoms.